The first-order valence-corrected chi connectivity index (χ1v) is 6.62. The van der Waals surface area contributed by atoms with E-state index in [0.717, 1.165) is 5.69 Å². The zero-order valence-electron chi connectivity index (χ0n) is 11.1. The molecule has 3 N–H and O–H groups in total. The molecule has 106 valence electrons. The third kappa shape index (κ3) is 2.85. The number of hydrogen-bond donors (Lipinski definition) is 2. The number of amides is 1. The Hall–Kier alpha value is -2.22. The van der Waals surface area contributed by atoms with E-state index in [0.29, 0.717) is 24.8 Å². The molecule has 0 radical (unpaired) electrons. The number of rotatable bonds is 6. The number of hydrogen-bond acceptors (Lipinski definition) is 5. The van der Waals surface area contributed by atoms with Crippen molar-refractivity contribution in [2.75, 3.05) is 6.54 Å². The minimum Gasteiger partial charge on any atom is -0.349 e. The fourth-order valence-corrected chi connectivity index (χ4v) is 2.06. The topological polar surface area (TPSA) is 104 Å². The molecule has 0 aromatic carbocycles. The van der Waals surface area contributed by atoms with Gasteiger partial charge in [-0.2, -0.15) is 0 Å². The molecule has 2 aromatic heterocycles. The Morgan fingerprint density at radius 2 is 2.35 bits per heavy atom. The highest BCUT2D eigenvalue weighted by Crippen LogP contribution is 2.35. The van der Waals surface area contributed by atoms with E-state index < -0.39 is 0 Å². The smallest absolute Gasteiger partial charge is 0.234 e. The van der Waals surface area contributed by atoms with Crippen molar-refractivity contribution in [3.8, 4) is 0 Å². The largest absolute Gasteiger partial charge is 0.349 e. The molecule has 1 aliphatic rings. The van der Waals surface area contributed by atoms with Gasteiger partial charge in [0, 0.05) is 6.04 Å². The number of nitrogens with two attached hydrogens (primary N) is 1. The minimum atomic E-state index is -0.202. The molecule has 1 amide bonds. The van der Waals surface area contributed by atoms with Crippen LogP contribution in [0.1, 0.15) is 30.3 Å². The Morgan fingerprint density at radius 3 is 3.10 bits per heavy atom. The lowest BCUT2D eigenvalue weighted by molar-refractivity contribution is -0.119. The molecule has 2 heterocycles. The van der Waals surface area contributed by atoms with E-state index in [1.807, 2.05) is 18.7 Å². The highest BCUT2D eigenvalue weighted by atomic mass is 16.1. The van der Waals surface area contributed by atoms with Crippen molar-refractivity contribution in [2.24, 2.45) is 5.73 Å². The van der Waals surface area contributed by atoms with Crippen molar-refractivity contribution in [1.82, 2.24) is 29.9 Å². The average Bonchev–Trinajstić information content (AvgIpc) is 3.03. The second-order valence-electron chi connectivity index (χ2n) is 4.91. The van der Waals surface area contributed by atoms with E-state index in [1.54, 1.807) is 4.68 Å². The molecule has 8 nitrogen and oxygen atoms in total. The van der Waals surface area contributed by atoms with Crippen LogP contribution in [-0.4, -0.2) is 37.0 Å². The van der Waals surface area contributed by atoms with Crippen LogP contribution in [0.3, 0.4) is 0 Å². The molecular weight excluding hydrogens is 258 g/mol. The summed E-state index contributed by atoms with van der Waals surface area (Å²) in [6, 6.07) is 0.597. The van der Waals surface area contributed by atoms with Crippen LogP contribution in [0.25, 0.3) is 0 Å². The van der Waals surface area contributed by atoms with E-state index in [9.17, 15) is 4.79 Å². The highest BCUT2D eigenvalue weighted by Gasteiger charge is 2.25. The molecule has 8 heteroatoms. The molecule has 2 aromatic rings. The summed E-state index contributed by atoms with van der Waals surface area (Å²) in [6.45, 7) is 0.959. The van der Waals surface area contributed by atoms with Crippen LogP contribution in [0, 0.1) is 0 Å². The summed E-state index contributed by atoms with van der Waals surface area (Å²) in [7, 11) is 0. The first-order chi connectivity index (χ1) is 9.76. The SMILES string of the molecule is NCC(=O)NCc1cn(Cc2cncn2C2CC2)nn1. The highest BCUT2D eigenvalue weighted by molar-refractivity contribution is 5.77. The number of carbonyl (C=O) groups is 1. The van der Waals surface area contributed by atoms with E-state index in [4.69, 9.17) is 5.73 Å². The van der Waals surface area contributed by atoms with Crippen molar-refractivity contribution >= 4 is 5.91 Å². The Labute approximate surface area is 116 Å². The Morgan fingerprint density at radius 1 is 1.50 bits per heavy atom. The molecule has 0 saturated heterocycles. The van der Waals surface area contributed by atoms with Gasteiger partial charge in [0.15, 0.2) is 0 Å². The molecule has 1 fully saturated rings. The fourth-order valence-electron chi connectivity index (χ4n) is 2.06. The van der Waals surface area contributed by atoms with Crippen LogP contribution < -0.4 is 11.1 Å². The summed E-state index contributed by atoms with van der Waals surface area (Å²) < 4.78 is 3.94. The average molecular weight is 275 g/mol. The molecule has 20 heavy (non-hydrogen) atoms. The Balaban J connectivity index is 1.62. The summed E-state index contributed by atoms with van der Waals surface area (Å²) in [5, 5.41) is 10.7. The van der Waals surface area contributed by atoms with Crippen molar-refractivity contribution < 1.29 is 4.79 Å². The molecular formula is C12H17N7O. The van der Waals surface area contributed by atoms with Crippen LogP contribution in [0.2, 0.25) is 0 Å². The molecule has 0 bridgehead atoms. The maximum Gasteiger partial charge on any atom is 0.234 e. The van der Waals surface area contributed by atoms with Crippen LogP contribution >= 0.6 is 0 Å². The molecule has 3 rings (SSSR count). The summed E-state index contributed by atoms with van der Waals surface area (Å²) in [5.41, 5.74) is 7.05. The number of nitrogens with one attached hydrogen (secondary N) is 1. The van der Waals surface area contributed by atoms with Gasteiger partial charge in [-0.05, 0) is 12.8 Å². The Kier molecular flexibility index (Phi) is 3.46. The second-order valence-corrected chi connectivity index (χ2v) is 4.91. The van der Waals surface area contributed by atoms with Gasteiger partial charge in [0.05, 0.1) is 44.0 Å². The predicted octanol–water partition coefficient (Wildman–Crippen LogP) is -0.567. The van der Waals surface area contributed by atoms with Gasteiger partial charge in [-0.15, -0.1) is 5.10 Å². The number of nitrogens with zero attached hydrogens (tertiary/aromatic N) is 5. The lowest BCUT2D eigenvalue weighted by atomic mass is 10.4. The van der Waals surface area contributed by atoms with Gasteiger partial charge in [0.2, 0.25) is 5.91 Å². The van der Waals surface area contributed by atoms with E-state index in [2.05, 4.69) is 25.2 Å². The van der Waals surface area contributed by atoms with Gasteiger partial charge >= 0.3 is 0 Å². The summed E-state index contributed by atoms with van der Waals surface area (Å²) in [6.07, 6.45) is 7.98. The fraction of sp³-hybridized carbons (Fsp3) is 0.500. The molecule has 0 aliphatic heterocycles. The Bertz CT molecular complexity index is 598. The molecule has 0 unspecified atom stereocenters. The minimum absolute atomic E-state index is 0.0191. The van der Waals surface area contributed by atoms with Gasteiger partial charge in [-0.1, -0.05) is 5.21 Å². The van der Waals surface area contributed by atoms with Crippen LogP contribution in [-0.2, 0) is 17.9 Å². The monoisotopic (exact) mass is 275 g/mol. The zero-order chi connectivity index (χ0) is 13.9. The van der Waals surface area contributed by atoms with E-state index >= 15 is 0 Å². The first-order valence-electron chi connectivity index (χ1n) is 6.62. The summed E-state index contributed by atoms with van der Waals surface area (Å²) >= 11 is 0. The number of imidazole rings is 1. The number of aromatic nitrogens is 5. The standard InChI is InChI=1S/C12H17N7O/c13-3-12(20)15-4-9-6-18(17-16-9)7-11-5-14-8-19(11)10-1-2-10/h5-6,8,10H,1-4,7,13H2,(H,15,20). The maximum absolute atomic E-state index is 11.1. The third-order valence-electron chi connectivity index (χ3n) is 3.25. The quantitative estimate of drug-likeness (QED) is 0.735. The predicted molar refractivity (Wildman–Crippen MR) is 70.5 cm³/mol. The normalized spacial score (nSPS) is 14.4. The van der Waals surface area contributed by atoms with Crippen molar-refractivity contribution in [1.29, 1.82) is 0 Å². The summed E-state index contributed by atoms with van der Waals surface area (Å²) in [4.78, 5) is 15.3. The van der Waals surface area contributed by atoms with Gasteiger partial charge in [0.25, 0.3) is 0 Å². The second kappa shape index (κ2) is 5.41. The van der Waals surface area contributed by atoms with Crippen LogP contribution in [0.4, 0.5) is 0 Å². The van der Waals surface area contributed by atoms with Gasteiger partial charge in [0.1, 0.15) is 5.69 Å². The lowest BCUT2D eigenvalue weighted by Gasteiger charge is -2.05. The van der Waals surface area contributed by atoms with Crippen molar-refractivity contribution in [3.63, 3.8) is 0 Å². The maximum atomic E-state index is 11.1. The lowest BCUT2D eigenvalue weighted by Crippen LogP contribution is -2.29. The zero-order valence-corrected chi connectivity index (χ0v) is 11.1. The first kappa shape index (κ1) is 12.8. The van der Waals surface area contributed by atoms with E-state index in [-0.39, 0.29) is 12.5 Å². The summed E-state index contributed by atoms with van der Waals surface area (Å²) in [5.74, 6) is -0.202. The van der Waals surface area contributed by atoms with Gasteiger partial charge in [-0.3, -0.25) is 4.79 Å². The molecule has 1 saturated carbocycles. The van der Waals surface area contributed by atoms with Crippen molar-refractivity contribution in [3.05, 3.63) is 30.1 Å². The molecule has 0 atom stereocenters. The van der Waals surface area contributed by atoms with E-state index in [1.165, 1.54) is 12.8 Å². The van der Waals surface area contributed by atoms with Gasteiger partial charge < -0.3 is 15.6 Å². The van der Waals surface area contributed by atoms with Crippen LogP contribution in [0.15, 0.2) is 18.7 Å². The molecule has 1 aliphatic carbocycles. The van der Waals surface area contributed by atoms with Crippen LogP contribution in [0.5, 0.6) is 0 Å². The third-order valence-corrected chi connectivity index (χ3v) is 3.25. The number of carbonyl (C=O) groups excluding carboxylic acids is 1. The van der Waals surface area contributed by atoms with Crippen molar-refractivity contribution in [2.45, 2.75) is 32.0 Å². The van der Waals surface area contributed by atoms with Gasteiger partial charge in [-0.25, -0.2) is 9.67 Å². The molecule has 0 spiro atoms.